The van der Waals surface area contributed by atoms with Gasteiger partial charge < -0.3 is 16.0 Å². The Labute approximate surface area is 105 Å². The molecule has 0 aliphatic carbocycles. The van der Waals surface area contributed by atoms with Gasteiger partial charge in [-0.25, -0.2) is 4.98 Å². The van der Waals surface area contributed by atoms with Crippen LogP contribution in [0.2, 0.25) is 0 Å². The molecule has 0 spiro atoms. The van der Waals surface area contributed by atoms with Gasteiger partial charge in [-0.2, -0.15) is 0 Å². The highest BCUT2D eigenvalue weighted by atomic mass is 16.1. The fourth-order valence-electron chi connectivity index (χ4n) is 1.72. The van der Waals surface area contributed by atoms with Gasteiger partial charge in [0.15, 0.2) is 0 Å². The minimum atomic E-state index is -0.676. The molecule has 0 aliphatic heterocycles. The predicted molar refractivity (Wildman–Crippen MR) is 68.6 cm³/mol. The van der Waals surface area contributed by atoms with Crippen LogP contribution in [0, 0.1) is 0 Å². The number of primary amides is 1. The third-order valence-electron chi connectivity index (χ3n) is 2.69. The van der Waals surface area contributed by atoms with E-state index in [0.717, 1.165) is 12.2 Å². The number of nitrogens with two attached hydrogens (primary N) is 2. The van der Waals surface area contributed by atoms with E-state index >= 15 is 0 Å². The number of aromatic nitrogens is 2. The second kappa shape index (κ2) is 5.46. The molecule has 0 aliphatic rings. The molecule has 5 heteroatoms. The van der Waals surface area contributed by atoms with E-state index in [1.165, 1.54) is 5.56 Å². The van der Waals surface area contributed by atoms with E-state index in [0.29, 0.717) is 6.42 Å². The van der Waals surface area contributed by atoms with E-state index in [4.69, 9.17) is 11.5 Å². The second-order valence-electron chi connectivity index (χ2n) is 4.24. The number of amides is 1. The van der Waals surface area contributed by atoms with Gasteiger partial charge in [0.05, 0.1) is 18.1 Å². The first-order chi connectivity index (χ1) is 8.65. The lowest BCUT2D eigenvalue weighted by atomic mass is 10.2. The number of hydrogen-bond donors (Lipinski definition) is 2. The average molecular weight is 244 g/mol. The molecule has 2 aromatic rings. The first-order valence-electron chi connectivity index (χ1n) is 5.74. The standard InChI is InChI=1S/C13H16N4O/c14-12(13(15)18)6-11-8-17(9-16-11)7-10-4-2-1-3-5-10/h1-5,8-9,12H,6-7,14H2,(H2,15,18)/t12-/m0/s1. The third kappa shape index (κ3) is 3.18. The monoisotopic (exact) mass is 244 g/mol. The Kier molecular flexibility index (Phi) is 3.74. The van der Waals surface area contributed by atoms with Gasteiger partial charge in [-0.15, -0.1) is 0 Å². The van der Waals surface area contributed by atoms with Gasteiger partial charge in [-0.3, -0.25) is 4.79 Å². The Morgan fingerprint density at radius 3 is 2.72 bits per heavy atom. The molecule has 1 atom stereocenters. The Hall–Kier alpha value is -2.14. The highest BCUT2D eigenvalue weighted by molar-refractivity contribution is 5.79. The van der Waals surface area contributed by atoms with Crippen molar-refractivity contribution in [2.75, 3.05) is 0 Å². The number of rotatable bonds is 5. The van der Waals surface area contributed by atoms with Crippen molar-refractivity contribution in [3.63, 3.8) is 0 Å². The van der Waals surface area contributed by atoms with Gasteiger partial charge in [-0.05, 0) is 5.56 Å². The summed E-state index contributed by atoms with van der Waals surface area (Å²) in [5.41, 5.74) is 12.7. The molecular weight excluding hydrogens is 228 g/mol. The van der Waals surface area contributed by atoms with Crippen molar-refractivity contribution in [2.45, 2.75) is 19.0 Å². The van der Waals surface area contributed by atoms with E-state index in [-0.39, 0.29) is 0 Å². The molecule has 94 valence electrons. The fraction of sp³-hybridized carbons (Fsp3) is 0.231. The Bertz CT molecular complexity index is 521. The summed E-state index contributed by atoms with van der Waals surface area (Å²) < 4.78 is 1.96. The van der Waals surface area contributed by atoms with E-state index in [1.54, 1.807) is 6.33 Å². The minimum Gasteiger partial charge on any atom is -0.368 e. The third-order valence-corrected chi connectivity index (χ3v) is 2.69. The molecule has 1 aromatic carbocycles. The second-order valence-corrected chi connectivity index (χ2v) is 4.24. The van der Waals surface area contributed by atoms with E-state index < -0.39 is 11.9 Å². The summed E-state index contributed by atoms with van der Waals surface area (Å²) in [5.74, 6) is -0.507. The maximum Gasteiger partial charge on any atom is 0.234 e. The van der Waals surface area contributed by atoms with Gasteiger partial charge in [-0.1, -0.05) is 30.3 Å². The van der Waals surface area contributed by atoms with Gasteiger partial charge in [0.2, 0.25) is 5.91 Å². The highest BCUT2D eigenvalue weighted by Crippen LogP contribution is 2.05. The molecule has 0 saturated carbocycles. The molecule has 0 saturated heterocycles. The number of benzene rings is 1. The summed E-state index contributed by atoms with van der Waals surface area (Å²) in [5, 5.41) is 0. The lowest BCUT2D eigenvalue weighted by Crippen LogP contribution is -2.38. The van der Waals surface area contributed by atoms with Gasteiger partial charge >= 0.3 is 0 Å². The molecule has 0 fully saturated rings. The lowest BCUT2D eigenvalue weighted by Gasteiger charge is -2.04. The fourth-order valence-corrected chi connectivity index (χ4v) is 1.72. The van der Waals surface area contributed by atoms with Crippen LogP contribution in [0.15, 0.2) is 42.9 Å². The summed E-state index contributed by atoms with van der Waals surface area (Å²) in [6.07, 6.45) is 3.99. The predicted octanol–water partition coefficient (Wildman–Crippen LogP) is 0.287. The number of hydrogen-bond acceptors (Lipinski definition) is 3. The van der Waals surface area contributed by atoms with Crippen LogP contribution in [0.4, 0.5) is 0 Å². The smallest absolute Gasteiger partial charge is 0.234 e. The van der Waals surface area contributed by atoms with E-state index in [1.807, 2.05) is 29.0 Å². The zero-order valence-electron chi connectivity index (χ0n) is 9.99. The van der Waals surface area contributed by atoms with Crippen LogP contribution in [0.1, 0.15) is 11.3 Å². The van der Waals surface area contributed by atoms with Crippen LogP contribution in [-0.2, 0) is 17.8 Å². The molecule has 5 nitrogen and oxygen atoms in total. The van der Waals surface area contributed by atoms with Crippen LogP contribution < -0.4 is 11.5 Å². The largest absolute Gasteiger partial charge is 0.368 e. The Morgan fingerprint density at radius 2 is 2.06 bits per heavy atom. The van der Waals surface area contributed by atoms with Crippen LogP contribution in [0.5, 0.6) is 0 Å². The molecule has 0 radical (unpaired) electrons. The van der Waals surface area contributed by atoms with Crippen LogP contribution in [0.25, 0.3) is 0 Å². The summed E-state index contributed by atoms with van der Waals surface area (Å²) in [4.78, 5) is 15.1. The Balaban J connectivity index is 2.00. The Morgan fingerprint density at radius 1 is 1.33 bits per heavy atom. The first kappa shape index (κ1) is 12.3. The molecule has 1 heterocycles. The number of carbonyl (C=O) groups is 1. The molecule has 0 unspecified atom stereocenters. The highest BCUT2D eigenvalue weighted by Gasteiger charge is 2.11. The van der Waals surface area contributed by atoms with Crippen molar-refractivity contribution in [3.8, 4) is 0 Å². The SMILES string of the molecule is NC(=O)[C@@H](N)Cc1cn(Cc2ccccc2)cn1. The summed E-state index contributed by atoms with van der Waals surface area (Å²) in [7, 11) is 0. The van der Waals surface area contributed by atoms with E-state index in [2.05, 4.69) is 17.1 Å². The summed E-state index contributed by atoms with van der Waals surface area (Å²) in [6.45, 7) is 0.750. The minimum absolute atomic E-state index is 0.372. The van der Waals surface area contributed by atoms with Gasteiger partial charge in [0.1, 0.15) is 0 Å². The van der Waals surface area contributed by atoms with Crippen molar-refractivity contribution in [3.05, 3.63) is 54.1 Å². The van der Waals surface area contributed by atoms with Crippen LogP contribution in [0.3, 0.4) is 0 Å². The van der Waals surface area contributed by atoms with E-state index in [9.17, 15) is 4.79 Å². The number of nitrogens with zero attached hydrogens (tertiary/aromatic N) is 2. The number of carbonyl (C=O) groups excluding carboxylic acids is 1. The van der Waals surface area contributed by atoms with Crippen molar-refractivity contribution < 1.29 is 4.79 Å². The van der Waals surface area contributed by atoms with Crippen molar-refractivity contribution in [2.24, 2.45) is 11.5 Å². The first-order valence-corrected chi connectivity index (χ1v) is 5.74. The lowest BCUT2D eigenvalue weighted by molar-refractivity contribution is -0.119. The summed E-state index contributed by atoms with van der Waals surface area (Å²) >= 11 is 0. The quantitative estimate of drug-likeness (QED) is 0.792. The van der Waals surface area contributed by atoms with Crippen molar-refractivity contribution in [1.82, 2.24) is 9.55 Å². The zero-order valence-corrected chi connectivity index (χ0v) is 9.99. The molecule has 1 aromatic heterocycles. The maximum absolute atomic E-state index is 10.9. The molecule has 2 rings (SSSR count). The van der Waals surface area contributed by atoms with Crippen LogP contribution >= 0.6 is 0 Å². The van der Waals surface area contributed by atoms with Crippen LogP contribution in [-0.4, -0.2) is 21.5 Å². The van der Waals surface area contributed by atoms with Gasteiger partial charge in [0, 0.05) is 19.2 Å². The normalized spacial score (nSPS) is 12.3. The molecule has 1 amide bonds. The molecule has 0 bridgehead atoms. The number of imidazole rings is 1. The average Bonchev–Trinajstić information content (AvgIpc) is 2.77. The molecule has 4 N–H and O–H groups in total. The topological polar surface area (TPSA) is 86.9 Å². The maximum atomic E-state index is 10.9. The molecule has 18 heavy (non-hydrogen) atoms. The van der Waals surface area contributed by atoms with Crippen molar-refractivity contribution >= 4 is 5.91 Å². The van der Waals surface area contributed by atoms with Gasteiger partial charge in [0.25, 0.3) is 0 Å². The zero-order chi connectivity index (χ0) is 13.0. The summed E-state index contributed by atoms with van der Waals surface area (Å²) in [6, 6.07) is 9.40. The van der Waals surface area contributed by atoms with Crippen molar-refractivity contribution in [1.29, 1.82) is 0 Å². The molecular formula is C13H16N4O.